The Morgan fingerprint density at radius 3 is 2.45 bits per heavy atom. The van der Waals surface area contributed by atoms with E-state index in [0.29, 0.717) is 29.6 Å². The van der Waals surface area contributed by atoms with Crippen LogP contribution in [0.5, 0.6) is 5.75 Å². The van der Waals surface area contributed by atoms with Gasteiger partial charge < -0.3 is 14.5 Å². The van der Waals surface area contributed by atoms with E-state index >= 15 is 0 Å². The molecule has 33 heavy (non-hydrogen) atoms. The smallest absolute Gasteiger partial charge is 0.257 e. The maximum Gasteiger partial charge on any atom is 0.257 e. The first-order valence-corrected chi connectivity index (χ1v) is 13.5. The maximum absolute atomic E-state index is 13.5. The second kappa shape index (κ2) is 11.9. The van der Waals surface area contributed by atoms with Gasteiger partial charge in [-0.15, -0.1) is 0 Å². The molecule has 0 bridgehead atoms. The lowest BCUT2D eigenvalue weighted by Crippen LogP contribution is -2.51. The van der Waals surface area contributed by atoms with Crippen molar-refractivity contribution in [3.8, 4) is 5.75 Å². The molecule has 0 N–H and O–H groups in total. The zero-order valence-electron chi connectivity index (χ0n) is 20.5. The highest BCUT2D eigenvalue weighted by Crippen LogP contribution is 2.35. The second-order valence-corrected chi connectivity index (χ2v) is 10.3. The fourth-order valence-electron chi connectivity index (χ4n) is 5.51. The molecule has 2 aliphatic carbocycles. The molecule has 5 nitrogen and oxygen atoms in total. The fourth-order valence-corrected chi connectivity index (χ4v) is 5.51. The van der Waals surface area contributed by atoms with Crippen LogP contribution >= 0.6 is 0 Å². The van der Waals surface area contributed by atoms with Crippen LogP contribution in [0.4, 0.5) is 0 Å². The first-order valence-electron chi connectivity index (χ1n) is 13.5. The lowest BCUT2D eigenvalue weighted by Gasteiger charge is -2.40. The third-order valence-electron chi connectivity index (χ3n) is 7.55. The number of nitrogens with zero attached hydrogens (tertiary/aromatic N) is 2. The van der Waals surface area contributed by atoms with Crippen molar-refractivity contribution in [1.29, 1.82) is 0 Å². The van der Waals surface area contributed by atoms with E-state index in [1.807, 2.05) is 29.2 Å². The first kappa shape index (κ1) is 24.1. The van der Waals surface area contributed by atoms with Gasteiger partial charge in [-0.05, 0) is 69.4 Å². The highest BCUT2D eigenvalue weighted by atomic mass is 16.5. The molecule has 3 aliphatic rings. The molecule has 4 rings (SSSR count). The van der Waals surface area contributed by atoms with Crippen LogP contribution in [0, 0.1) is 5.92 Å². The topological polar surface area (TPSA) is 49.9 Å². The molecule has 182 valence electrons. The fraction of sp³-hybridized carbons (Fsp3) is 0.714. The lowest BCUT2D eigenvalue weighted by molar-refractivity contribution is -0.137. The van der Waals surface area contributed by atoms with Gasteiger partial charge >= 0.3 is 0 Å². The Kier molecular flexibility index (Phi) is 8.69. The number of ether oxygens (including phenoxy) is 1. The van der Waals surface area contributed by atoms with Crippen molar-refractivity contribution in [2.45, 2.75) is 103 Å². The van der Waals surface area contributed by atoms with Crippen LogP contribution < -0.4 is 4.74 Å². The van der Waals surface area contributed by atoms with Gasteiger partial charge in [0.15, 0.2) is 0 Å². The predicted molar refractivity (Wildman–Crippen MR) is 131 cm³/mol. The van der Waals surface area contributed by atoms with Crippen molar-refractivity contribution < 1.29 is 14.3 Å². The van der Waals surface area contributed by atoms with Gasteiger partial charge in [-0.2, -0.15) is 0 Å². The number of carbonyl (C=O) groups is 2. The van der Waals surface area contributed by atoms with E-state index in [0.717, 1.165) is 77.4 Å². The number of carbonyl (C=O) groups excluding carboxylic acids is 2. The summed E-state index contributed by atoms with van der Waals surface area (Å²) in [4.78, 5) is 31.0. The molecular weight excluding hydrogens is 412 g/mol. The minimum Gasteiger partial charge on any atom is -0.487 e. The largest absolute Gasteiger partial charge is 0.487 e. The summed E-state index contributed by atoms with van der Waals surface area (Å²) in [6.07, 6.45) is 13.8. The quantitative estimate of drug-likeness (QED) is 0.576. The van der Waals surface area contributed by atoms with Crippen molar-refractivity contribution in [2.24, 2.45) is 5.92 Å². The van der Waals surface area contributed by atoms with E-state index in [1.54, 1.807) is 0 Å². The number of hydrogen-bond donors (Lipinski definition) is 0. The Balaban J connectivity index is 1.61. The molecule has 0 aromatic heterocycles. The van der Waals surface area contributed by atoms with Crippen molar-refractivity contribution in [1.82, 2.24) is 9.80 Å². The standard InChI is InChI=1S/C28H42N2O3/c1-2-18-29-19-10-4-3-5-11-20-30(27(31)21-22-16-17-22)24-13-7-9-15-26(24)33-25-14-8-6-12-23(25)28(29)32/h6,8,12,14,22,24,26H,2-5,7,9-11,13,15-21H2,1H3/t24-,26+/m1/s1. The molecule has 2 saturated carbocycles. The highest BCUT2D eigenvalue weighted by molar-refractivity contribution is 5.97. The van der Waals surface area contributed by atoms with Crippen molar-refractivity contribution in [3.05, 3.63) is 29.8 Å². The molecule has 0 saturated heterocycles. The van der Waals surface area contributed by atoms with Gasteiger partial charge in [-0.25, -0.2) is 0 Å². The average molecular weight is 455 g/mol. The van der Waals surface area contributed by atoms with Crippen LogP contribution in [0.25, 0.3) is 0 Å². The van der Waals surface area contributed by atoms with E-state index in [9.17, 15) is 9.59 Å². The number of rotatable bonds is 4. The third-order valence-corrected chi connectivity index (χ3v) is 7.55. The molecule has 5 heteroatoms. The van der Waals surface area contributed by atoms with Crippen LogP contribution in [0.2, 0.25) is 0 Å². The Bertz CT molecular complexity index is 791. The van der Waals surface area contributed by atoms with Gasteiger partial charge in [-0.3, -0.25) is 9.59 Å². The van der Waals surface area contributed by atoms with E-state index < -0.39 is 0 Å². The summed E-state index contributed by atoms with van der Waals surface area (Å²) in [5, 5.41) is 0. The number of fused-ring (bicyclic) bond motifs is 2. The normalized spacial score (nSPS) is 25.3. The Morgan fingerprint density at radius 2 is 1.67 bits per heavy atom. The predicted octanol–water partition coefficient (Wildman–Crippen LogP) is 5.82. The number of hydrogen-bond acceptors (Lipinski definition) is 3. The molecule has 0 unspecified atom stereocenters. The first-order chi connectivity index (χ1) is 16.2. The molecule has 2 amide bonds. The third kappa shape index (κ3) is 6.51. The Morgan fingerprint density at radius 1 is 0.939 bits per heavy atom. The maximum atomic E-state index is 13.5. The van der Waals surface area contributed by atoms with Crippen LogP contribution in [0.15, 0.2) is 24.3 Å². The summed E-state index contributed by atoms with van der Waals surface area (Å²) >= 11 is 0. The molecule has 0 spiro atoms. The average Bonchev–Trinajstić information content (AvgIpc) is 3.64. The van der Waals surface area contributed by atoms with Gasteiger partial charge in [-0.1, -0.05) is 44.7 Å². The van der Waals surface area contributed by atoms with E-state index in [-0.39, 0.29) is 18.1 Å². The monoisotopic (exact) mass is 454 g/mol. The summed E-state index contributed by atoms with van der Waals surface area (Å²) in [5.74, 6) is 1.68. The van der Waals surface area contributed by atoms with Crippen molar-refractivity contribution in [3.63, 3.8) is 0 Å². The highest BCUT2D eigenvalue weighted by Gasteiger charge is 2.37. The number of amides is 2. The molecule has 2 atom stereocenters. The van der Waals surface area contributed by atoms with Crippen LogP contribution in [0.3, 0.4) is 0 Å². The molecule has 1 heterocycles. The molecule has 1 aromatic carbocycles. The van der Waals surface area contributed by atoms with E-state index in [4.69, 9.17) is 4.74 Å². The van der Waals surface area contributed by atoms with Crippen molar-refractivity contribution in [2.75, 3.05) is 19.6 Å². The Hall–Kier alpha value is -2.04. The zero-order valence-corrected chi connectivity index (χ0v) is 20.5. The number of benzene rings is 1. The van der Waals surface area contributed by atoms with Crippen molar-refractivity contribution >= 4 is 11.8 Å². The number of para-hydroxylation sites is 1. The van der Waals surface area contributed by atoms with Gasteiger partial charge in [0.25, 0.3) is 5.91 Å². The van der Waals surface area contributed by atoms with E-state index in [1.165, 1.54) is 19.3 Å². The van der Waals surface area contributed by atoms with Crippen LogP contribution in [0.1, 0.15) is 101 Å². The minimum absolute atomic E-state index is 0.0411. The summed E-state index contributed by atoms with van der Waals surface area (Å²) in [6, 6.07) is 7.86. The van der Waals surface area contributed by atoms with Gasteiger partial charge in [0.1, 0.15) is 11.9 Å². The van der Waals surface area contributed by atoms with Crippen LogP contribution in [-0.4, -0.2) is 53.4 Å². The minimum atomic E-state index is -0.0411. The summed E-state index contributed by atoms with van der Waals surface area (Å²) in [7, 11) is 0. The second-order valence-electron chi connectivity index (χ2n) is 10.3. The zero-order chi connectivity index (χ0) is 23.0. The summed E-state index contributed by atoms with van der Waals surface area (Å²) < 4.78 is 6.63. The van der Waals surface area contributed by atoms with Gasteiger partial charge in [0, 0.05) is 26.1 Å². The molecule has 2 fully saturated rings. The van der Waals surface area contributed by atoms with Gasteiger partial charge in [0.2, 0.25) is 5.91 Å². The summed E-state index contributed by atoms with van der Waals surface area (Å²) in [5.41, 5.74) is 0.668. The molecule has 1 aliphatic heterocycles. The summed E-state index contributed by atoms with van der Waals surface area (Å²) in [6.45, 7) is 4.56. The van der Waals surface area contributed by atoms with E-state index in [2.05, 4.69) is 11.8 Å². The molecule has 1 aromatic rings. The SMILES string of the molecule is CCCN1CCCCCCCN(C(=O)CC2CC2)[C@@H]2CCCC[C@@H]2Oc2ccccc2C1=O. The molecule has 0 radical (unpaired) electrons. The molecular formula is C28H42N2O3. The Labute approximate surface area is 199 Å². The lowest BCUT2D eigenvalue weighted by atomic mass is 9.90. The van der Waals surface area contributed by atoms with Crippen LogP contribution in [-0.2, 0) is 4.79 Å². The van der Waals surface area contributed by atoms with Gasteiger partial charge in [0.05, 0.1) is 11.6 Å².